The molecule has 116 valence electrons. The highest BCUT2D eigenvalue weighted by molar-refractivity contribution is 6.38. The van der Waals surface area contributed by atoms with Gasteiger partial charge in [0, 0.05) is 10.9 Å². The summed E-state index contributed by atoms with van der Waals surface area (Å²) in [5, 5.41) is 14.0. The SMILES string of the molecule is Cc1ccc2[nH]c(C(=O)NCC(=O)NCC(=O)O)c(Cl)c2c1. The van der Waals surface area contributed by atoms with Crippen molar-refractivity contribution < 1.29 is 19.5 Å². The van der Waals surface area contributed by atoms with Crippen molar-refractivity contribution in [3.63, 3.8) is 0 Å². The molecule has 22 heavy (non-hydrogen) atoms. The van der Waals surface area contributed by atoms with Crippen LogP contribution in [0.2, 0.25) is 5.02 Å². The minimum absolute atomic E-state index is 0.160. The fourth-order valence-electron chi connectivity index (χ4n) is 1.91. The normalized spacial score (nSPS) is 10.5. The molecule has 0 aliphatic carbocycles. The second-order valence-electron chi connectivity index (χ2n) is 4.72. The van der Waals surface area contributed by atoms with Gasteiger partial charge in [0.15, 0.2) is 0 Å². The van der Waals surface area contributed by atoms with E-state index in [0.717, 1.165) is 16.5 Å². The summed E-state index contributed by atoms with van der Waals surface area (Å²) in [6.45, 7) is 1.08. The Bertz CT molecular complexity index is 754. The van der Waals surface area contributed by atoms with E-state index in [4.69, 9.17) is 16.7 Å². The number of carbonyl (C=O) groups is 3. The molecule has 4 N–H and O–H groups in total. The van der Waals surface area contributed by atoms with Gasteiger partial charge in [-0.05, 0) is 19.1 Å². The number of hydrogen-bond acceptors (Lipinski definition) is 3. The zero-order valence-electron chi connectivity index (χ0n) is 11.7. The second kappa shape index (κ2) is 6.48. The van der Waals surface area contributed by atoms with Gasteiger partial charge in [-0.25, -0.2) is 0 Å². The van der Waals surface area contributed by atoms with Gasteiger partial charge < -0.3 is 20.7 Å². The maximum Gasteiger partial charge on any atom is 0.322 e. The van der Waals surface area contributed by atoms with Gasteiger partial charge in [0.25, 0.3) is 5.91 Å². The summed E-state index contributed by atoms with van der Waals surface area (Å²) >= 11 is 6.17. The van der Waals surface area contributed by atoms with E-state index in [1.54, 1.807) is 0 Å². The molecular formula is C14H14ClN3O4. The van der Waals surface area contributed by atoms with E-state index >= 15 is 0 Å². The van der Waals surface area contributed by atoms with Crippen LogP contribution in [0.3, 0.4) is 0 Å². The lowest BCUT2D eigenvalue weighted by Crippen LogP contribution is -2.39. The van der Waals surface area contributed by atoms with Crippen LogP contribution in [0.15, 0.2) is 18.2 Å². The third-order valence-electron chi connectivity index (χ3n) is 2.96. The number of carboxylic acids is 1. The number of carbonyl (C=O) groups excluding carboxylic acids is 2. The highest BCUT2D eigenvalue weighted by Gasteiger charge is 2.17. The van der Waals surface area contributed by atoms with E-state index < -0.39 is 24.3 Å². The molecule has 0 radical (unpaired) electrons. The number of amides is 2. The standard InChI is InChI=1S/C14H14ClN3O4/c1-7-2-3-9-8(4-7)12(15)13(18-9)14(22)17-5-10(19)16-6-11(20)21/h2-4,18H,5-6H2,1H3,(H,16,19)(H,17,22)(H,20,21). The first-order valence-electron chi connectivity index (χ1n) is 6.43. The van der Waals surface area contributed by atoms with Crippen molar-refractivity contribution in [2.45, 2.75) is 6.92 Å². The van der Waals surface area contributed by atoms with E-state index in [1.165, 1.54) is 0 Å². The molecule has 2 amide bonds. The summed E-state index contributed by atoms with van der Waals surface area (Å²) in [4.78, 5) is 36.6. The molecule has 2 rings (SSSR count). The number of aromatic nitrogens is 1. The number of H-pyrrole nitrogens is 1. The molecule has 7 nitrogen and oxygen atoms in total. The Hall–Kier alpha value is -2.54. The molecule has 0 atom stereocenters. The predicted octanol–water partition coefficient (Wildman–Crippen LogP) is 1.06. The van der Waals surface area contributed by atoms with Crippen molar-refractivity contribution in [3.05, 3.63) is 34.5 Å². The minimum atomic E-state index is -1.16. The Kier molecular flexibility index (Phi) is 4.67. The lowest BCUT2D eigenvalue weighted by Gasteiger charge is -2.04. The van der Waals surface area contributed by atoms with E-state index in [0.29, 0.717) is 0 Å². The Labute approximate surface area is 130 Å². The van der Waals surface area contributed by atoms with Gasteiger partial charge >= 0.3 is 5.97 Å². The number of benzene rings is 1. The van der Waals surface area contributed by atoms with Crippen molar-refractivity contribution in [2.75, 3.05) is 13.1 Å². The lowest BCUT2D eigenvalue weighted by molar-refractivity contribution is -0.137. The molecule has 0 saturated carbocycles. The van der Waals surface area contributed by atoms with Crippen LogP contribution in [-0.2, 0) is 9.59 Å². The van der Waals surface area contributed by atoms with Crippen LogP contribution in [0.4, 0.5) is 0 Å². The van der Waals surface area contributed by atoms with E-state index in [2.05, 4.69) is 15.6 Å². The molecule has 0 fully saturated rings. The quantitative estimate of drug-likeness (QED) is 0.659. The lowest BCUT2D eigenvalue weighted by atomic mass is 10.2. The molecule has 8 heteroatoms. The predicted molar refractivity (Wildman–Crippen MR) is 81.0 cm³/mol. The summed E-state index contributed by atoms with van der Waals surface area (Å²) in [7, 11) is 0. The molecule has 1 aromatic carbocycles. The van der Waals surface area contributed by atoms with Gasteiger partial charge in [0.05, 0.1) is 11.6 Å². The van der Waals surface area contributed by atoms with Gasteiger partial charge in [0.2, 0.25) is 5.91 Å². The summed E-state index contributed by atoms with van der Waals surface area (Å²) in [5.41, 5.74) is 1.89. The first kappa shape index (κ1) is 15.8. The maximum atomic E-state index is 12.0. The Balaban J connectivity index is 2.05. The van der Waals surface area contributed by atoms with E-state index in [9.17, 15) is 14.4 Å². The molecule has 0 bridgehead atoms. The Morgan fingerprint density at radius 1 is 1.23 bits per heavy atom. The van der Waals surface area contributed by atoms with E-state index in [-0.39, 0.29) is 17.3 Å². The van der Waals surface area contributed by atoms with E-state index in [1.807, 2.05) is 25.1 Å². The zero-order valence-corrected chi connectivity index (χ0v) is 12.5. The van der Waals surface area contributed by atoms with Crippen LogP contribution >= 0.6 is 11.6 Å². The van der Waals surface area contributed by atoms with Gasteiger partial charge in [-0.2, -0.15) is 0 Å². The van der Waals surface area contributed by atoms with Gasteiger partial charge in [-0.1, -0.05) is 23.2 Å². The number of hydrogen-bond donors (Lipinski definition) is 4. The number of nitrogens with one attached hydrogen (secondary N) is 3. The molecule has 0 aliphatic heterocycles. The molecule has 0 unspecified atom stereocenters. The van der Waals surface area contributed by atoms with Gasteiger partial charge in [0.1, 0.15) is 12.2 Å². The van der Waals surface area contributed by atoms with Crippen molar-refractivity contribution in [2.24, 2.45) is 0 Å². The number of fused-ring (bicyclic) bond motifs is 1. The minimum Gasteiger partial charge on any atom is -0.480 e. The number of halogens is 1. The maximum absolute atomic E-state index is 12.0. The topological polar surface area (TPSA) is 111 Å². The number of aromatic amines is 1. The summed E-state index contributed by atoms with van der Waals surface area (Å²) in [6.07, 6.45) is 0. The molecule has 0 aliphatic rings. The smallest absolute Gasteiger partial charge is 0.322 e. The molecule has 1 heterocycles. The number of aryl methyl sites for hydroxylation is 1. The average molecular weight is 324 g/mol. The summed E-state index contributed by atoms with van der Waals surface area (Å²) in [5.74, 6) is -2.29. The number of rotatable bonds is 5. The Morgan fingerprint density at radius 2 is 1.95 bits per heavy atom. The summed E-state index contributed by atoms with van der Waals surface area (Å²) in [6, 6.07) is 5.55. The zero-order chi connectivity index (χ0) is 16.3. The third-order valence-corrected chi connectivity index (χ3v) is 3.36. The van der Waals surface area contributed by atoms with Gasteiger partial charge in [-0.3, -0.25) is 14.4 Å². The van der Waals surface area contributed by atoms with Gasteiger partial charge in [-0.15, -0.1) is 0 Å². The molecular weight excluding hydrogens is 310 g/mol. The number of aliphatic carboxylic acids is 1. The average Bonchev–Trinajstić information content (AvgIpc) is 2.79. The molecule has 0 saturated heterocycles. The highest BCUT2D eigenvalue weighted by Crippen LogP contribution is 2.28. The van der Waals surface area contributed by atoms with Crippen LogP contribution in [-0.4, -0.2) is 41.0 Å². The fraction of sp³-hybridized carbons (Fsp3) is 0.214. The number of carboxylic acid groups (broad SMARTS) is 1. The largest absolute Gasteiger partial charge is 0.480 e. The second-order valence-corrected chi connectivity index (χ2v) is 5.09. The monoisotopic (exact) mass is 323 g/mol. The molecule has 1 aromatic heterocycles. The molecule has 2 aromatic rings. The van der Waals surface area contributed by atoms with Crippen molar-refractivity contribution in [1.82, 2.24) is 15.6 Å². The fourth-order valence-corrected chi connectivity index (χ4v) is 2.20. The van der Waals surface area contributed by atoms with Crippen molar-refractivity contribution in [3.8, 4) is 0 Å². The van der Waals surface area contributed by atoms with Crippen LogP contribution in [0.5, 0.6) is 0 Å². The van der Waals surface area contributed by atoms with Crippen LogP contribution in [0.25, 0.3) is 10.9 Å². The van der Waals surface area contributed by atoms with Crippen LogP contribution < -0.4 is 10.6 Å². The first-order chi connectivity index (χ1) is 10.4. The Morgan fingerprint density at radius 3 is 2.64 bits per heavy atom. The van der Waals surface area contributed by atoms with Crippen molar-refractivity contribution >= 4 is 40.3 Å². The van der Waals surface area contributed by atoms with Crippen LogP contribution in [0, 0.1) is 6.92 Å². The highest BCUT2D eigenvalue weighted by atomic mass is 35.5. The third kappa shape index (κ3) is 3.56. The summed E-state index contributed by atoms with van der Waals surface area (Å²) < 4.78 is 0. The first-order valence-corrected chi connectivity index (χ1v) is 6.81. The molecule has 0 spiro atoms. The van der Waals surface area contributed by atoms with Crippen molar-refractivity contribution in [1.29, 1.82) is 0 Å². The van der Waals surface area contributed by atoms with Crippen LogP contribution in [0.1, 0.15) is 16.1 Å².